The molecule has 0 fully saturated rings. The number of hydrogen-bond donors (Lipinski definition) is 2. The zero-order valence-electron chi connectivity index (χ0n) is 11.2. The van der Waals surface area contributed by atoms with Gasteiger partial charge in [0.15, 0.2) is 5.13 Å². The van der Waals surface area contributed by atoms with Gasteiger partial charge in [-0.3, -0.25) is 5.32 Å². The molecule has 0 saturated carbocycles. The van der Waals surface area contributed by atoms with Gasteiger partial charge in [-0.05, 0) is 47.5 Å². The maximum Gasteiger partial charge on any atom is 0.334 e. The van der Waals surface area contributed by atoms with Crippen molar-refractivity contribution in [3.05, 3.63) is 39.3 Å². The number of hydrogen-bond acceptors (Lipinski definition) is 5. The topological polar surface area (TPSA) is 88.2 Å². The minimum Gasteiger partial charge on any atom is -0.283 e. The van der Waals surface area contributed by atoms with Crippen LogP contribution in [0.5, 0.6) is 0 Å². The molecule has 1 heterocycles. The van der Waals surface area contributed by atoms with E-state index in [1.807, 2.05) is 4.72 Å². The van der Waals surface area contributed by atoms with Gasteiger partial charge in [0.05, 0.1) is 14.4 Å². The molecule has 0 aliphatic rings. The van der Waals surface area contributed by atoms with E-state index in [0.717, 1.165) is 15.0 Å². The number of urea groups is 1. The molecule has 6 nitrogen and oxygen atoms in total. The van der Waals surface area contributed by atoms with Gasteiger partial charge in [-0.2, -0.15) is 0 Å². The minimum atomic E-state index is -3.90. The summed E-state index contributed by atoms with van der Waals surface area (Å²) >= 11 is 4.48. The SMILES string of the molecule is Cc1cccc(S(=O)(=O)NC(=O)Nc2nc(C)c(Br)s2)c1. The molecule has 112 valence electrons. The summed E-state index contributed by atoms with van der Waals surface area (Å²) in [4.78, 5) is 15.9. The zero-order valence-corrected chi connectivity index (χ0v) is 14.4. The van der Waals surface area contributed by atoms with Gasteiger partial charge in [0.1, 0.15) is 0 Å². The quantitative estimate of drug-likeness (QED) is 0.843. The molecule has 0 radical (unpaired) electrons. The molecule has 0 atom stereocenters. The number of thiazole rings is 1. The van der Waals surface area contributed by atoms with Crippen molar-refractivity contribution in [2.45, 2.75) is 18.7 Å². The number of sulfonamides is 1. The lowest BCUT2D eigenvalue weighted by Crippen LogP contribution is -2.34. The summed E-state index contributed by atoms with van der Waals surface area (Å²) < 4.78 is 26.8. The Kier molecular flexibility index (Phi) is 4.64. The Morgan fingerprint density at radius 2 is 2.05 bits per heavy atom. The van der Waals surface area contributed by atoms with Gasteiger partial charge in [0, 0.05) is 0 Å². The number of amides is 2. The van der Waals surface area contributed by atoms with Crippen LogP contribution in [0, 0.1) is 13.8 Å². The van der Waals surface area contributed by atoms with E-state index in [1.54, 1.807) is 26.0 Å². The summed E-state index contributed by atoms with van der Waals surface area (Å²) in [5.41, 5.74) is 1.51. The third kappa shape index (κ3) is 4.02. The molecule has 0 unspecified atom stereocenters. The number of rotatable bonds is 3. The second-order valence-corrected chi connectivity index (χ2v) is 8.25. The Labute approximate surface area is 134 Å². The third-order valence-electron chi connectivity index (χ3n) is 2.49. The van der Waals surface area contributed by atoms with Crippen molar-refractivity contribution in [2.75, 3.05) is 5.32 Å². The van der Waals surface area contributed by atoms with Crippen LogP contribution in [0.4, 0.5) is 9.93 Å². The maximum atomic E-state index is 12.1. The Balaban J connectivity index is 2.11. The van der Waals surface area contributed by atoms with E-state index in [2.05, 4.69) is 26.2 Å². The number of halogens is 1. The van der Waals surface area contributed by atoms with Gasteiger partial charge in [-0.15, -0.1) is 0 Å². The Morgan fingerprint density at radius 3 is 2.62 bits per heavy atom. The van der Waals surface area contributed by atoms with Crippen molar-refractivity contribution in [3.8, 4) is 0 Å². The first-order valence-electron chi connectivity index (χ1n) is 5.81. The third-order valence-corrected chi connectivity index (χ3v) is 5.74. The highest BCUT2D eigenvalue weighted by Gasteiger charge is 2.18. The molecular formula is C12H12BrN3O3S2. The molecule has 21 heavy (non-hydrogen) atoms. The van der Waals surface area contributed by atoms with Gasteiger partial charge in [0.2, 0.25) is 0 Å². The molecule has 0 bridgehead atoms. The number of carbonyl (C=O) groups is 1. The molecule has 1 aromatic heterocycles. The Morgan fingerprint density at radius 1 is 1.33 bits per heavy atom. The van der Waals surface area contributed by atoms with Gasteiger partial charge >= 0.3 is 6.03 Å². The summed E-state index contributed by atoms with van der Waals surface area (Å²) in [7, 11) is -3.90. The molecule has 0 aliphatic carbocycles. The van der Waals surface area contributed by atoms with E-state index in [1.165, 1.54) is 23.5 Å². The van der Waals surface area contributed by atoms with Crippen LogP contribution >= 0.6 is 27.3 Å². The van der Waals surface area contributed by atoms with Crippen LogP contribution in [-0.4, -0.2) is 19.4 Å². The highest BCUT2D eigenvalue weighted by atomic mass is 79.9. The normalized spacial score (nSPS) is 11.2. The smallest absolute Gasteiger partial charge is 0.283 e. The van der Waals surface area contributed by atoms with Crippen LogP contribution in [0.1, 0.15) is 11.3 Å². The van der Waals surface area contributed by atoms with Crippen LogP contribution in [-0.2, 0) is 10.0 Å². The van der Waals surface area contributed by atoms with E-state index < -0.39 is 16.1 Å². The number of carbonyl (C=O) groups excluding carboxylic acids is 1. The molecule has 0 aliphatic heterocycles. The fourth-order valence-corrected chi connectivity index (χ4v) is 3.77. The lowest BCUT2D eigenvalue weighted by molar-refractivity contribution is 0.256. The van der Waals surface area contributed by atoms with Crippen molar-refractivity contribution in [2.24, 2.45) is 0 Å². The molecule has 1 aromatic carbocycles. The van der Waals surface area contributed by atoms with Crippen LogP contribution in [0.3, 0.4) is 0 Å². The summed E-state index contributed by atoms with van der Waals surface area (Å²) in [6.45, 7) is 3.54. The second-order valence-electron chi connectivity index (χ2n) is 4.25. The monoisotopic (exact) mass is 389 g/mol. The van der Waals surface area contributed by atoms with E-state index >= 15 is 0 Å². The van der Waals surface area contributed by atoms with E-state index in [4.69, 9.17) is 0 Å². The number of aryl methyl sites for hydroxylation is 2. The van der Waals surface area contributed by atoms with Crippen LogP contribution < -0.4 is 10.0 Å². The molecule has 2 aromatic rings. The number of nitrogens with one attached hydrogen (secondary N) is 2. The second kappa shape index (κ2) is 6.12. The Bertz CT molecular complexity index is 767. The minimum absolute atomic E-state index is 0.0362. The van der Waals surface area contributed by atoms with Gasteiger partial charge in [-0.25, -0.2) is 22.9 Å². The number of benzene rings is 1. The molecule has 9 heteroatoms. The fraction of sp³-hybridized carbons (Fsp3) is 0.167. The Hall–Kier alpha value is -1.45. The van der Waals surface area contributed by atoms with Crippen molar-refractivity contribution < 1.29 is 13.2 Å². The van der Waals surface area contributed by atoms with Crippen molar-refractivity contribution in [3.63, 3.8) is 0 Å². The number of anilines is 1. The molecule has 0 spiro atoms. The predicted molar refractivity (Wildman–Crippen MR) is 85.1 cm³/mol. The van der Waals surface area contributed by atoms with Crippen LogP contribution in [0.2, 0.25) is 0 Å². The standard InChI is InChI=1S/C12H12BrN3O3S2/c1-7-4-3-5-9(6-7)21(18,19)16-11(17)15-12-14-8(2)10(13)20-12/h3-6H,1-2H3,(H2,14,15,16,17). The fourth-order valence-electron chi connectivity index (χ4n) is 1.52. The largest absolute Gasteiger partial charge is 0.334 e. The number of nitrogens with zero attached hydrogens (tertiary/aromatic N) is 1. The molecule has 2 N–H and O–H groups in total. The van der Waals surface area contributed by atoms with E-state index in [9.17, 15) is 13.2 Å². The summed E-state index contributed by atoms with van der Waals surface area (Å²) in [5, 5.41) is 2.71. The highest BCUT2D eigenvalue weighted by molar-refractivity contribution is 9.11. The van der Waals surface area contributed by atoms with E-state index in [0.29, 0.717) is 5.13 Å². The molecular weight excluding hydrogens is 378 g/mol. The highest BCUT2D eigenvalue weighted by Crippen LogP contribution is 2.27. The lowest BCUT2D eigenvalue weighted by atomic mass is 10.2. The van der Waals surface area contributed by atoms with Gasteiger partial charge < -0.3 is 0 Å². The van der Waals surface area contributed by atoms with Crippen LogP contribution in [0.15, 0.2) is 32.9 Å². The van der Waals surface area contributed by atoms with Gasteiger partial charge in [0.25, 0.3) is 10.0 Å². The first kappa shape index (κ1) is 15.9. The van der Waals surface area contributed by atoms with Crippen molar-refractivity contribution in [1.82, 2.24) is 9.71 Å². The predicted octanol–water partition coefficient (Wildman–Crippen LogP) is 3.03. The summed E-state index contributed by atoms with van der Waals surface area (Å²) in [5.74, 6) is 0. The van der Waals surface area contributed by atoms with Crippen molar-refractivity contribution in [1.29, 1.82) is 0 Å². The number of aromatic nitrogens is 1. The molecule has 2 rings (SSSR count). The van der Waals surface area contributed by atoms with E-state index in [-0.39, 0.29) is 4.90 Å². The average Bonchev–Trinajstić information content (AvgIpc) is 2.67. The molecule has 2 amide bonds. The van der Waals surface area contributed by atoms with Crippen LogP contribution in [0.25, 0.3) is 0 Å². The summed E-state index contributed by atoms with van der Waals surface area (Å²) in [6, 6.07) is 5.45. The lowest BCUT2D eigenvalue weighted by Gasteiger charge is -2.07. The zero-order chi connectivity index (χ0) is 15.6. The maximum absolute atomic E-state index is 12.1. The first-order valence-corrected chi connectivity index (χ1v) is 8.90. The first-order chi connectivity index (χ1) is 9.78. The van der Waals surface area contributed by atoms with Gasteiger partial charge in [-0.1, -0.05) is 23.5 Å². The average molecular weight is 390 g/mol. The summed E-state index contributed by atoms with van der Waals surface area (Å²) in [6.07, 6.45) is 0. The van der Waals surface area contributed by atoms with Crippen molar-refractivity contribution >= 4 is 48.5 Å². The molecule has 0 saturated heterocycles.